The average molecular weight is 479 g/mol. The van der Waals surface area contributed by atoms with Crippen molar-refractivity contribution in [3.63, 3.8) is 0 Å². The number of H-pyrrole nitrogens is 1. The third-order valence-corrected chi connectivity index (χ3v) is 4.36. The second kappa shape index (κ2) is 14.1. The maximum atomic E-state index is 11.2. The molecule has 2 aromatic heterocycles. The van der Waals surface area contributed by atoms with Crippen molar-refractivity contribution in [1.82, 2.24) is 24.8 Å². The van der Waals surface area contributed by atoms with Gasteiger partial charge in [0.15, 0.2) is 11.2 Å². The zero-order chi connectivity index (χ0) is 24.9. The van der Waals surface area contributed by atoms with Gasteiger partial charge in [-0.2, -0.15) is 13.4 Å². The number of carbonyl (C=O) groups is 2. The van der Waals surface area contributed by atoms with E-state index >= 15 is 0 Å². The number of hydrogen-bond acceptors (Lipinski definition) is 10. The van der Waals surface area contributed by atoms with E-state index in [-0.39, 0.29) is 29.7 Å². The topological polar surface area (TPSA) is 262 Å². The van der Waals surface area contributed by atoms with Crippen molar-refractivity contribution in [3.8, 4) is 0 Å². The molecule has 0 aliphatic rings. The zero-order valence-electron chi connectivity index (χ0n) is 17.8. The van der Waals surface area contributed by atoms with Gasteiger partial charge in [0.25, 0.3) is 15.7 Å². The van der Waals surface area contributed by atoms with Crippen LogP contribution in [0.4, 0.5) is 5.95 Å². The van der Waals surface area contributed by atoms with Crippen LogP contribution in [-0.2, 0) is 26.8 Å². The Morgan fingerprint density at radius 2 is 1.97 bits per heavy atom. The van der Waals surface area contributed by atoms with Gasteiger partial charge in [0.1, 0.15) is 6.04 Å². The van der Waals surface area contributed by atoms with Gasteiger partial charge in [-0.15, -0.1) is 0 Å². The van der Waals surface area contributed by atoms with Crippen LogP contribution in [0, 0.1) is 0 Å². The Kier molecular flexibility index (Phi) is 12.7. The molecule has 0 spiro atoms. The molecule has 16 heteroatoms. The Labute approximate surface area is 184 Å². The minimum Gasteiger partial charge on any atom is -0.480 e. The predicted molar refractivity (Wildman–Crippen MR) is 117 cm³/mol. The van der Waals surface area contributed by atoms with Crippen LogP contribution >= 0.6 is 0 Å². The number of aryl methyl sites for hydroxylation is 1. The highest BCUT2D eigenvalue weighted by molar-refractivity contribution is 7.85. The second-order valence-electron chi connectivity index (χ2n) is 6.48. The van der Waals surface area contributed by atoms with Gasteiger partial charge in [-0.1, -0.05) is 0 Å². The highest BCUT2D eigenvalue weighted by Crippen LogP contribution is 2.02. The molecule has 1 amide bonds. The largest absolute Gasteiger partial charge is 0.480 e. The van der Waals surface area contributed by atoms with Crippen LogP contribution in [0.5, 0.6) is 0 Å². The number of fused-ring (bicyclic) bond motifs is 1. The van der Waals surface area contributed by atoms with E-state index in [1.807, 2.05) is 0 Å². The minimum atomic E-state index is -3.80. The number of rotatable bonds is 8. The van der Waals surface area contributed by atoms with Crippen molar-refractivity contribution in [2.45, 2.75) is 32.2 Å². The van der Waals surface area contributed by atoms with E-state index in [1.54, 1.807) is 11.6 Å². The van der Waals surface area contributed by atoms with E-state index in [4.69, 9.17) is 26.9 Å². The number of anilines is 1. The fourth-order valence-electron chi connectivity index (χ4n) is 2.11. The molecule has 0 aliphatic heterocycles. The van der Waals surface area contributed by atoms with Gasteiger partial charge in [0.2, 0.25) is 11.9 Å². The summed E-state index contributed by atoms with van der Waals surface area (Å²) in [7, 11) is -2.07. The van der Waals surface area contributed by atoms with Crippen LogP contribution in [0.25, 0.3) is 11.2 Å². The van der Waals surface area contributed by atoms with Crippen LogP contribution in [0.1, 0.15) is 26.2 Å². The lowest BCUT2D eigenvalue weighted by Crippen LogP contribution is -2.30. The van der Waals surface area contributed by atoms with Crippen LogP contribution < -0.4 is 28.1 Å². The van der Waals surface area contributed by atoms with Crippen molar-refractivity contribution in [2.24, 2.45) is 18.5 Å². The van der Waals surface area contributed by atoms with Crippen LogP contribution in [0.3, 0.4) is 0 Å². The number of aliphatic carboxylic acids is 1. The molecule has 1 unspecified atom stereocenters. The number of carbonyl (C=O) groups excluding carboxylic acids is 1. The maximum absolute atomic E-state index is 11.2. The molecule has 0 aliphatic carbocycles. The van der Waals surface area contributed by atoms with Crippen LogP contribution in [0.2, 0.25) is 0 Å². The number of nitrogen functional groups attached to an aromatic ring is 1. The molecular weight excluding hydrogens is 448 g/mol. The van der Waals surface area contributed by atoms with Crippen molar-refractivity contribution < 1.29 is 27.7 Å². The van der Waals surface area contributed by atoms with Crippen LogP contribution in [-0.4, -0.2) is 74.4 Å². The normalized spacial score (nSPS) is 11.5. The summed E-state index contributed by atoms with van der Waals surface area (Å²) in [6, 6.07) is -0.780. The van der Waals surface area contributed by atoms with Gasteiger partial charge in [0.05, 0.1) is 12.1 Å². The summed E-state index contributed by atoms with van der Waals surface area (Å²) in [6.07, 6.45) is 3.45. The molecule has 2 rings (SSSR count). The molecule has 1 atom stereocenters. The molecule has 0 bridgehead atoms. The van der Waals surface area contributed by atoms with Crippen molar-refractivity contribution in [3.05, 3.63) is 16.7 Å². The number of amides is 1. The number of carboxylic acid groups (broad SMARTS) is 1. The average Bonchev–Trinajstić information content (AvgIpc) is 3.02. The summed E-state index contributed by atoms with van der Waals surface area (Å²) in [4.78, 5) is 42.1. The Morgan fingerprint density at radius 1 is 1.34 bits per heavy atom. The molecule has 10 N–H and O–H groups in total. The fourth-order valence-corrected chi connectivity index (χ4v) is 2.40. The summed E-state index contributed by atoms with van der Waals surface area (Å²) < 4.78 is 28.9. The lowest BCUT2D eigenvalue weighted by atomic mass is 10.1. The van der Waals surface area contributed by atoms with Crippen LogP contribution in [0.15, 0.2) is 11.1 Å². The lowest BCUT2D eigenvalue weighted by Gasteiger charge is -2.05. The first kappa shape index (κ1) is 28.9. The molecule has 0 saturated carbocycles. The van der Waals surface area contributed by atoms with E-state index < -0.39 is 22.1 Å². The number of carboxylic acids is 1. The maximum Gasteiger partial charge on any atom is 0.320 e. The first-order valence-corrected chi connectivity index (χ1v) is 10.9. The summed E-state index contributed by atoms with van der Waals surface area (Å²) in [5, 5.41) is 11.1. The highest BCUT2D eigenvalue weighted by Gasteiger charge is 2.09. The van der Waals surface area contributed by atoms with Crippen molar-refractivity contribution in [2.75, 3.05) is 24.6 Å². The van der Waals surface area contributed by atoms with Gasteiger partial charge in [-0.05, 0) is 19.3 Å². The summed E-state index contributed by atoms with van der Waals surface area (Å²) in [5.41, 5.74) is 15.9. The number of nitrogens with two attached hydrogens (primary N) is 3. The fraction of sp³-hybridized carbons (Fsp3) is 0.562. The number of imidazole rings is 1. The molecule has 0 saturated heterocycles. The first-order chi connectivity index (χ1) is 14.8. The smallest absolute Gasteiger partial charge is 0.320 e. The number of aromatic nitrogens is 4. The van der Waals surface area contributed by atoms with Crippen molar-refractivity contribution in [1.29, 1.82) is 0 Å². The summed E-state index contributed by atoms with van der Waals surface area (Å²) in [6.45, 7) is 2.00. The van der Waals surface area contributed by atoms with Gasteiger partial charge >= 0.3 is 5.97 Å². The van der Waals surface area contributed by atoms with E-state index in [0.29, 0.717) is 30.6 Å². The highest BCUT2D eigenvalue weighted by atomic mass is 32.2. The van der Waals surface area contributed by atoms with Gasteiger partial charge in [-0.3, -0.25) is 23.9 Å². The molecule has 15 nitrogen and oxygen atoms in total. The van der Waals surface area contributed by atoms with E-state index in [1.165, 1.54) is 13.3 Å². The SMILES string of the molecule is CC(=O)NCCCCC(N)C(=O)O.Cn1cnc2nc(N)[nH]c(=O)c21.NCCS(=O)(=O)O. The molecule has 0 aromatic carbocycles. The third kappa shape index (κ3) is 12.6. The minimum absolute atomic E-state index is 0.0289. The number of nitrogens with one attached hydrogen (secondary N) is 2. The van der Waals surface area contributed by atoms with Crippen molar-refractivity contribution >= 4 is 39.1 Å². The van der Waals surface area contributed by atoms with Gasteiger partial charge in [-0.25, -0.2) is 4.98 Å². The lowest BCUT2D eigenvalue weighted by molar-refractivity contribution is -0.138. The quantitative estimate of drug-likeness (QED) is 0.157. The molecule has 2 aromatic rings. The molecule has 0 fully saturated rings. The van der Waals surface area contributed by atoms with E-state index in [2.05, 4.69) is 20.3 Å². The molecule has 2 heterocycles. The summed E-state index contributed by atoms with van der Waals surface area (Å²) >= 11 is 0. The van der Waals surface area contributed by atoms with E-state index in [0.717, 1.165) is 6.42 Å². The summed E-state index contributed by atoms with van der Waals surface area (Å²) in [5.74, 6) is -1.30. The number of aromatic amines is 1. The monoisotopic (exact) mass is 478 g/mol. The molecular formula is C16H30N8O7S. The standard InChI is InChI=1S/C8H16N2O3.C6H7N5O.C2H7NO3S/c1-6(11)10-5-3-2-4-7(9)8(12)13;1-11-2-8-4-3(11)5(12)10-6(7)9-4;3-1-2-7(4,5)6/h7H,2-5,9H2,1H3,(H,10,11)(H,12,13);2H,1H3,(H3,7,9,10,12);1-3H2,(H,4,5,6). The predicted octanol–water partition coefficient (Wildman–Crippen LogP) is -2.22. The number of unbranched alkanes of at least 4 members (excludes halogenated alkanes) is 1. The Balaban J connectivity index is 0.000000472. The number of nitrogens with zero attached hydrogens (tertiary/aromatic N) is 3. The Hall–Kier alpha value is -3.08. The third-order valence-electron chi connectivity index (χ3n) is 3.61. The Bertz CT molecular complexity index is 1030. The Morgan fingerprint density at radius 3 is 2.44 bits per heavy atom. The molecule has 32 heavy (non-hydrogen) atoms. The van der Waals surface area contributed by atoms with Gasteiger partial charge in [0, 0.05) is 27.1 Å². The second-order valence-corrected chi connectivity index (χ2v) is 8.05. The van der Waals surface area contributed by atoms with Gasteiger partial charge < -0.3 is 32.2 Å². The van der Waals surface area contributed by atoms with E-state index in [9.17, 15) is 22.8 Å². The molecule has 182 valence electrons. The number of hydrogen-bond donors (Lipinski definition) is 7. The first-order valence-electron chi connectivity index (χ1n) is 9.33. The zero-order valence-corrected chi connectivity index (χ0v) is 18.6. The molecule has 0 radical (unpaired) electrons.